The van der Waals surface area contributed by atoms with Gasteiger partial charge in [-0.25, -0.2) is 13.2 Å². The zero-order valence-electron chi connectivity index (χ0n) is 13.8. The van der Waals surface area contributed by atoms with Gasteiger partial charge in [0.1, 0.15) is 4.90 Å². The second-order valence-electron chi connectivity index (χ2n) is 6.21. The Hall–Kier alpha value is -2.77. The van der Waals surface area contributed by atoms with Crippen molar-refractivity contribution in [3.63, 3.8) is 0 Å². The van der Waals surface area contributed by atoms with Crippen LogP contribution in [-0.4, -0.2) is 35.3 Å². The molecular weight excluding hydrogens is 352 g/mol. The van der Waals surface area contributed by atoms with Crippen molar-refractivity contribution in [2.75, 3.05) is 6.54 Å². The van der Waals surface area contributed by atoms with Crippen LogP contribution in [-0.2, 0) is 23.0 Å². The van der Waals surface area contributed by atoms with Gasteiger partial charge in [0.15, 0.2) is 0 Å². The predicted octanol–water partition coefficient (Wildman–Crippen LogP) is 2.68. The van der Waals surface area contributed by atoms with Crippen LogP contribution in [0.5, 0.6) is 0 Å². The molecule has 2 aromatic carbocycles. The van der Waals surface area contributed by atoms with Gasteiger partial charge >= 0.3 is 5.97 Å². The third-order valence-electron chi connectivity index (χ3n) is 4.64. The van der Waals surface area contributed by atoms with Gasteiger partial charge in [0, 0.05) is 24.7 Å². The number of hydrogen-bond donors (Lipinski definition) is 1. The van der Waals surface area contributed by atoms with E-state index in [0.717, 1.165) is 16.5 Å². The molecule has 6 nitrogen and oxygen atoms in total. The first-order chi connectivity index (χ1) is 12.5. The molecule has 1 aliphatic heterocycles. The van der Waals surface area contributed by atoms with E-state index in [1.807, 2.05) is 12.1 Å². The highest BCUT2D eigenvalue weighted by Crippen LogP contribution is 2.29. The van der Waals surface area contributed by atoms with Gasteiger partial charge in [-0.1, -0.05) is 24.3 Å². The van der Waals surface area contributed by atoms with E-state index >= 15 is 0 Å². The van der Waals surface area contributed by atoms with Gasteiger partial charge in [-0.2, -0.15) is 4.31 Å². The zero-order chi connectivity index (χ0) is 18.3. The lowest BCUT2D eigenvalue weighted by Crippen LogP contribution is -2.36. The van der Waals surface area contributed by atoms with Gasteiger partial charge in [0.2, 0.25) is 10.0 Å². The predicted molar refractivity (Wildman–Crippen MR) is 96.4 cm³/mol. The molecule has 0 bridgehead atoms. The highest BCUT2D eigenvalue weighted by atomic mass is 32.2. The molecule has 0 amide bonds. The summed E-state index contributed by atoms with van der Waals surface area (Å²) in [4.78, 5) is 15.6. The number of rotatable bonds is 3. The Morgan fingerprint density at radius 2 is 1.88 bits per heavy atom. The number of carboxylic acid groups (broad SMARTS) is 1. The fourth-order valence-corrected chi connectivity index (χ4v) is 4.88. The minimum atomic E-state index is -3.74. The molecule has 1 N–H and O–H groups in total. The average molecular weight is 368 g/mol. The number of carbonyl (C=O) groups is 1. The second kappa shape index (κ2) is 6.19. The van der Waals surface area contributed by atoms with Crippen LogP contribution in [0.25, 0.3) is 10.9 Å². The van der Waals surface area contributed by atoms with Crippen molar-refractivity contribution in [3.8, 4) is 0 Å². The molecule has 0 unspecified atom stereocenters. The van der Waals surface area contributed by atoms with Gasteiger partial charge in [-0.15, -0.1) is 0 Å². The minimum absolute atomic E-state index is 0.155. The molecule has 0 fully saturated rings. The van der Waals surface area contributed by atoms with E-state index in [-0.39, 0.29) is 17.0 Å². The summed E-state index contributed by atoms with van der Waals surface area (Å²) >= 11 is 0. The maximum atomic E-state index is 13.2. The number of benzene rings is 2. The first-order valence-electron chi connectivity index (χ1n) is 8.16. The van der Waals surface area contributed by atoms with Gasteiger partial charge in [0.05, 0.1) is 11.1 Å². The van der Waals surface area contributed by atoms with Crippen molar-refractivity contribution in [1.82, 2.24) is 9.29 Å². The number of carboxylic acids is 1. The second-order valence-corrected chi connectivity index (χ2v) is 8.11. The summed E-state index contributed by atoms with van der Waals surface area (Å²) in [5, 5.41) is 9.93. The van der Waals surface area contributed by atoms with Crippen LogP contribution in [0.4, 0.5) is 0 Å². The van der Waals surface area contributed by atoms with Gasteiger partial charge < -0.3 is 5.11 Å². The molecule has 2 heterocycles. The van der Waals surface area contributed by atoms with Gasteiger partial charge in [-0.05, 0) is 41.8 Å². The number of aromatic nitrogens is 1. The molecular formula is C19H16N2O4S. The number of hydrogen-bond acceptors (Lipinski definition) is 4. The standard InChI is InChI=1S/C19H16N2O4S/c22-19(23)15-7-6-13-8-10-21(12-16(13)11-15)26(24,25)17-5-1-3-14-4-2-9-20-18(14)17/h1-7,9,11H,8,10,12H2,(H,22,23). The van der Waals surface area contributed by atoms with Crippen LogP contribution in [0.2, 0.25) is 0 Å². The highest BCUT2D eigenvalue weighted by Gasteiger charge is 2.30. The van der Waals surface area contributed by atoms with Crippen molar-refractivity contribution in [2.45, 2.75) is 17.9 Å². The monoisotopic (exact) mass is 368 g/mol. The topological polar surface area (TPSA) is 87.6 Å². The fraction of sp³-hybridized carbons (Fsp3) is 0.158. The summed E-state index contributed by atoms with van der Waals surface area (Å²) in [6, 6.07) is 13.6. The molecule has 26 heavy (non-hydrogen) atoms. The Labute approximate surface area is 150 Å². The molecule has 1 aliphatic rings. The molecule has 0 saturated heterocycles. The molecule has 1 aromatic heterocycles. The van der Waals surface area contributed by atoms with Crippen LogP contribution in [0.15, 0.2) is 59.6 Å². The molecule has 0 aliphatic carbocycles. The molecule has 0 saturated carbocycles. The average Bonchev–Trinajstić information content (AvgIpc) is 2.66. The Balaban J connectivity index is 1.75. The fourth-order valence-electron chi connectivity index (χ4n) is 3.29. The molecule has 0 radical (unpaired) electrons. The third kappa shape index (κ3) is 2.75. The van der Waals surface area contributed by atoms with Crippen molar-refractivity contribution in [3.05, 3.63) is 71.4 Å². The first kappa shape index (κ1) is 16.7. The summed E-state index contributed by atoms with van der Waals surface area (Å²) < 4.78 is 27.8. The van der Waals surface area contributed by atoms with Crippen molar-refractivity contribution >= 4 is 26.9 Å². The van der Waals surface area contributed by atoms with E-state index in [4.69, 9.17) is 5.11 Å². The van der Waals surface area contributed by atoms with Crippen LogP contribution < -0.4 is 0 Å². The molecule has 3 aromatic rings. The summed E-state index contributed by atoms with van der Waals surface area (Å²) in [5.41, 5.74) is 2.32. The SMILES string of the molecule is O=C(O)c1ccc2c(c1)CN(S(=O)(=O)c1cccc3cccnc13)CC2. The van der Waals surface area contributed by atoms with Crippen LogP contribution in [0.3, 0.4) is 0 Å². The lowest BCUT2D eigenvalue weighted by molar-refractivity contribution is 0.0696. The van der Waals surface area contributed by atoms with Crippen molar-refractivity contribution < 1.29 is 18.3 Å². The van der Waals surface area contributed by atoms with E-state index in [2.05, 4.69) is 4.98 Å². The normalized spacial score (nSPS) is 14.9. The molecule has 132 valence electrons. The summed E-state index contributed by atoms with van der Waals surface area (Å²) in [7, 11) is -3.74. The smallest absolute Gasteiger partial charge is 0.335 e. The van der Waals surface area contributed by atoms with Crippen LogP contribution in [0.1, 0.15) is 21.5 Å². The van der Waals surface area contributed by atoms with Crippen LogP contribution >= 0.6 is 0 Å². The van der Waals surface area contributed by atoms with E-state index in [0.29, 0.717) is 18.5 Å². The molecule has 4 rings (SSSR count). The van der Waals surface area contributed by atoms with Crippen molar-refractivity contribution in [2.24, 2.45) is 0 Å². The zero-order valence-corrected chi connectivity index (χ0v) is 14.6. The quantitative estimate of drug-likeness (QED) is 0.768. The van der Waals surface area contributed by atoms with E-state index in [1.54, 1.807) is 42.6 Å². The van der Waals surface area contributed by atoms with Gasteiger partial charge in [-0.3, -0.25) is 4.98 Å². The number of para-hydroxylation sites is 1. The Kier molecular flexibility index (Phi) is 3.97. The number of sulfonamides is 1. The molecule has 0 spiro atoms. The maximum Gasteiger partial charge on any atom is 0.335 e. The number of fused-ring (bicyclic) bond motifs is 2. The number of pyridine rings is 1. The lowest BCUT2D eigenvalue weighted by Gasteiger charge is -2.28. The van der Waals surface area contributed by atoms with E-state index in [9.17, 15) is 13.2 Å². The summed E-state index contributed by atoms with van der Waals surface area (Å²) in [5.74, 6) is -1.02. The van der Waals surface area contributed by atoms with E-state index in [1.165, 1.54) is 4.31 Å². The largest absolute Gasteiger partial charge is 0.478 e. The number of aromatic carboxylic acids is 1. The lowest BCUT2D eigenvalue weighted by atomic mass is 9.99. The Bertz CT molecular complexity index is 1120. The minimum Gasteiger partial charge on any atom is -0.478 e. The van der Waals surface area contributed by atoms with Crippen molar-refractivity contribution in [1.29, 1.82) is 0 Å². The Morgan fingerprint density at radius 3 is 2.69 bits per heavy atom. The molecule has 7 heteroatoms. The highest BCUT2D eigenvalue weighted by molar-refractivity contribution is 7.89. The summed E-state index contributed by atoms with van der Waals surface area (Å²) in [6.07, 6.45) is 2.12. The van der Waals surface area contributed by atoms with Gasteiger partial charge in [0.25, 0.3) is 0 Å². The summed E-state index contributed by atoms with van der Waals surface area (Å²) in [6.45, 7) is 0.507. The molecule has 0 atom stereocenters. The van der Waals surface area contributed by atoms with E-state index < -0.39 is 16.0 Å². The Morgan fingerprint density at radius 1 is 1.08 bits per heavy atom. The third-order valence-corrected chi connectivity index (χ3v) is 6.52. The van der Waals surface area contributed by atoms with Crippen LogP contribution in [0, 0.1) is 0 Å². The maximum absolute atomic E-state index is 13.2. The first-order valence-corrected chi connectivity index (χ1v) is 9.60. The number of nitrogens with zero attached hydrogens (tertiary/aromatic N) is 2.